The summed E-state index contributed by atoms with van der Waals surface area (Å²) >= 11 is 3.18. The molecule has 0 aliphatic rings. The Morgan fingerprint density at radius 3 is 2.67 bits per heavy atom. The van der Waals surface area contributed by atoms with E-state index in [1.54, 1.807) is 12.1 Å². The molecule has 0 bridgehead atoms. The van der Waals surface area contributed by atoms with Gasteiger partial charge in [-0.05, 0) is 30.2 Å². The molecule has 1 aromatic heterocycles. The summed E-state index contributed by atoms with van der Waals surface area (Å²) in [5.74, 6) is -0.822. The van der Waals surface area contributed by atoms with Crippen molar-refractivity contribution in [2.45, 2.75) is 12.5 Å². The van der Waals surface area contributed by atoms with Crippen LogP contribution in [0.2, 0.25) is 0 Å². The van der Waals surface area contributed by atoms with Crippen LogP contribution in [0.25, 0.3) is 0 Å². The van der Waals surface area contributed by atoms with Gasteiger partial charge in [-0.1, -0.05) is 22.0 Å². The maximum absolute atomic E-state index is 13.6. The Kier molecular flexibility index (Phi) is 4.04. The topological polar surface area (TPSA) is 38.9 Å². The smallest absolute Gasteiger partial charge is 0.146 e. The number of nitrogens with two attached hydrogens (primary N) is 1. The van der Waals surface area contributed by atoms with Gasteiger partial charge in [0.25, 0.3) is 0 Å². The average Bonchev–Trinajstić information content (AvgIpc) is 2.33. The molecule has 0 amide bonds. The minimum atomic E-state index is -0.594. The van der Waals surface area contributed by atoms with Crippen molar-refractivity contribution in [3.05, 3.63) is 63.9 Å². The molecular formula is C13H11BrF2N2. The monoisotopic (exact) mass is 312 g/mol. The van der Waals surface area contributed by atoms with Crippen molar-refractivity contribution in [2.24, 2.45) is 5.73 Å². The van der Waals surface area contributed by atoms with Gasteiger partial charge in [-0.3, -0.25) is 4.98 Å². The van der Waals surface area contributed by atoms with E-state index in [-0.39, 0.29) is 12.2 Å². The van der Waals surface area contributed by atoms with Crippen molar-refractivity contribution < 1.29 is 8.78 Å². The zero-order chi connectivity index (χ0) is 13.1. The summed E-state index contributed by atoms with van der Waals surface area (Å²) in [5.41, 5.74) is 6.69. The highest BCUT2D eigenvalue weighted by Crippen LogP contribution is 2.22. The second-order valence-electron chi connectivity index (χ2n) is 3.94. The molecule has 2 rings (SSSR count). The van der Waals surface area contributed by atoms with Crippen LogP contribution in [0.5, 0.6) is 0 Å². The third kappa shape index (κ3) is 2.91. The molecule has 1 heterocycles. The van der Waals surface area contributed by atoms with Gasteiger partial charge in [0, 0.05) is 22.3 Å². The Labute approximate surface area is 112 Å². The summed E-state index contributed by atoms with van der Waals surface area (Å²) in [6.45, 7) is 0. The predicted octanol–water partition coefficient (Wildman–Crippen LogP) is 3.36. The average molecular weight is 313 g/mol. The first-order valence-corrected chi connectivity index (χ1v) is 6.16. The molecule has 0 aliphatic carbocycles. The number of nitrogens with zero attached hydrogens (tertiary/aromatic N) is 1. The van der Waals surface area contributed by atoms with Crippen molar-refractivity contribution in [1.29, 1.82) is 0 Å². The molecule has 0 aliphatic heterocycles. The van der Waals surface area contributed by atoms with Crippen molar-refractivity contribution >= 4 is 15.9 Å². The van der Waals surface area contributed by atoms with Crippen LogP contribution < -0.4 is 5.73 Å². The highest BCUT2D eigenvalue weighted by atomic mass is 79.9. The van der Waals surface area contributed by atoms with Gasteiger partial charge in [0.15, 0.2) is 0 Å². The Bertz CT molecular complexity index is 560. The van der Waals surface area contributed by atoms with Crippen LogP contribution in [0, 0.1) is 11.6 Å². The number of rotatable bonds is 3. The van der Waals surface area contributed by atoms with Gasteiger partial charge in [0.1, 0.15) is 11.6 Å². The molecule has 2 nitrogen and oxygen atoms in total. The number of benzene rings is 1. The lowest BCUT2D eigenvalue weighted by Crippen LogP contribution is -2.15. The van der Waals surface area contributed by atoms with Crippen LogP contribution in [0.3, 0.4) is 0 Å². The third-order valence-corrected chi connectivity index (χ3v) is 3.15. The van der Waals surface area contributed by atoms with Gasteiger partial charge >= 0.3 is 0 Å². The molecule has 1 aromatic carbocycles. The fourth-order valence-corrected chi connectivity index (χ4v) is 2.05. The summed E-state index contributed by atoms with van der Waals surface area (Å²) in [7, 11) is 0. The largest absolute Gasteiger partial charge is 0.324 e. The van der Waals surface area contributed by atoms with Gasteiger partial charge in [-0.25, -0.2) is 8.78 Å². The predicted molar refractivity (Wildman–Crippen MR) is 68.9 cm³/mol. The normalized spacial score (nSPS) is 12.4. The van der Waals surface area contributed by atoms with E-state index < -0.39 is 11.9 Å². The van der Waals surface area contributed by atoms with E-state index in [4.69, 9.17) is 5.73 Å². The highest BCUT2D eigenvalue weighted by Gasteiger charge is 2.14. The van der Waals surface area contributed by atoms with E-state index in [0.29, 0.717) is 15.6 Å². The van der Waals surface area contributed by atoms with E-state index in [1.165, 1.54) is 18.3 Å². The molecule has 0 spiro atoms. The fraction of sp³-hybridized carbons (Fsp3) is 0.154. The first-order chi connectivity index (χ1) is 8.58. The summed E-state index contributed by atoms with van der Waals surface area (Å²) in [4.78, 5) is 3.65. The number of aromatic nitrogens is 1. The lowest BCUT2D eigenvalue weighted by atomic mass is 10.00. The zero-order valence-corrected chi connectivity index (χ0v) is 11.0. The first kappa shape index (κ1) is 13.1. The van der Waals surface area contributed by atoms with Crippen LogP contribution in [-0.2, 0) is 6.42 Å². The number of halogens is 3. The molecule has 18 heavy (non-hydrogen) atoms. The lowest BCUT2D eigenvalue weighted by Gasteiger charge is -2.13. The molecule has 1 unspecified atom stereocenters. The third-order valence-electron chi connectivity index (χ3n) is 2.66. The van der Waals surface area contributed by atoms with Crippen molar-refractivity contribution in [3.8, 4) is 0 Å². The summed E-state index contributed by atoms with van der Waals surface area (Å²) in [5, 5.41) is 0. The summed E-state index contributed by atoms with van der Waals surface area (Å²) in [6, 6.07) is 5.65. The maximum atomic E-state index is 13.6. The number of pyridine rings is 1. The van der Waals surface area contributed by atoms with E-state index in [0.717, 1.165) is 6.20 Å². The van der Waals surface area contributed by atoms with Crippen molar-refractivity contribution in [3.63, 3.8) is 0 Å². The minimum absolute atomic E-state index is 0.236. The van der Waals surface area contributed by atoms with Crippen LogP contribution in [0.1, 0.15) is 17.2 Å². The number of hydrogen-bond acceptors (Lipinski definition) is 2. The van der Waals surface area contributed by atoms with Gasteiger partial charge in [-0.15, -0.1) is 0 Å². The highest BCUT2D eigenvalue weighted by molar-refractivity contribution is 9.10. The maximum Gasteiger partial charge on any atom is 0.146 e. The minimum Gasteiger partial charge on any atom is -0.324 e. The second-order valence-corrected chi connectivity index (χ2v) is 4.86. The van der Waals surface area contributed by atoms with Crippen LogP contribution in [-0.4, -0.2) is 4.98 Å². The fourth-order valence-electron chi connectivity index (χ4n) is 1.72. The molecule has 0 radical (unpaired) electrons. The molecule has 2 N–H and O–H groups in total. The van der Waals surface area contributed by atoms with Crippen molar-refractivity contribution in [1.82, 2.24) is 4.98 Å². The molecule has 0 fully saturated rings. The number of hydrogen-bond donors (Lipinski definition) is 1. The molecule has 5 heteroatoms. The zero-order valence-electron chi connectivity index (χ0n) is 9.41. The van der Waals surface area contributed by atoms with E-state index in [9.17, 15) is 8.78 Å². The van der Waals surface area contributed by atoms with E-state index in [1.807, 2.05) is 0 Å². The van der Waals surface area contributed by atoms with Gasteiger partial charge in [0.05, 0.1) is 6.20 Å². The van der Waals surface area contributed by atoms with E-state index >= 15 is 0 Å². The molecular weight excluding hydrogens is 302 g/mol. The summed E-state index contributed by atoms with van der Waals surface area (Å²) < 4.78 is 27.8. The first-order valence-electron chi connectivity index (χ1n) is 5.37. The van der Waals surface area contributed by atoms with Gasteiger partial charge < -0.3 is 5.73 Å². The Morgan fingerprint density at radius 1 is 1.22 bits per heavy atom. The standard InChI is InChI=1S/C13H11BrF2N2/c14-9-2-1-8(11(15)6-9)5-13(17)10-3-4-18-7-12(10)16/h1-4,6-7,13H,5,17H2. The second kappa shape index (κ2) is 5.54. The Balaban J connectivity index is 2.21. The van der Waals surface area contributed by atoms with Crippen LogP contribution >= 0.6 is 15.9 Å². The molecule has 0 saturated carbocycles. The van der Waals surface area contributed by atoms with Gasteiger partial charge in [-0.2, -0.15) is 0 Å². The van der Waals surface area contributed by atoms with E-state index in [2.05, 4.69) is 20.9 Å². The molecule has 0 saturated heterocycles. The SMILES string of the molecule is NC(Cc1ccc(Br)cc1F)c1ccncc1F. The van der Waals surface area contributed by atoms with Crippen LogP contribution in [0.4, 0.5) is 8.78 Å². The molecule has 2 aromatic rings. The Morgan fingerprint density at radius 2 is 2.00 bits per heavy atom. The summed E-state index contributed by atoms with van der Waals surface area (Å²) in [6.07, 6.45) is 2.81. The lowest BCUT2D eigenvalue weighted by molar-refractivity contribution is 0.559. The Hall–Kier alpha value is -1.33. The molecule has 94 valence electrons. The molecule has 1 atom stereocenters. The van der Waals surface area contributed by atoms with Gasteiger partial charge in [0.2, 0.25) is 0 Å². The van der Waals surface area contributed by atoms with Crippen molar-refractivity contribution in [2.75, 3.05) is 0 Å². The van der Waals surface area contributed by atoms with Crippen LogP contribution in [0.15, 0.2) is 41.1 Å². The quantitative estimate of drug-likeness (QED) is 0.943.